The van der Waals surface area contributed by atoms with Crippen molar-refractivity contribution in [3.63, 3.8) is 0 Å². The summed E-state index contributed by atoms with van der Waals surface area (Å²) in [4.78, 5) is 2.16. The molecule has 3 nitrogen and oxygen atoms in total. The van der Waals surface area contributed by atoms with Gasteiger partial charge in [0.2, 0.25) is 0 Å². The van der Waals surface area contributed by atoms with Crippen LogP contribution >= 0.6 is 11.6 Å². The number of nitrogens with zero attached hydrogens (tertiary/aromatic N) is 1. The third kappa shape index (κ3) is 2.33. The van der Waals surface area contributed by atoms with Crippen LogP contribution in [0.1, 0.15) is 0 Å². The van der Waals surface area contributed by atoms with E-state index in [2.05, 4.69) is 4.90 Å². The van der Waals surface area contributed by atoms with Gasteiger partial charge in [-0.2, -0.15) is 0 Å². The Labute approximate surface area is 92.7 Å². The van der Waals surface area contributed by atoms with Crippen LogP contribution in [0.25, 0.3) is 0 Å². The Morgan fingerprint density at radius 2 is 2.07 bits per heavy atom. The Morgan fingerprint density at radius 3 is 2.67 bits per heavy atom. The number of ether oxygens (including phenoxy) is 1. The maximum Gasteiger partial charge on any atom is 0.0843 e. The Morgan fingerprint density at radius 1 is 1.33 bits per heavy atom. The van der Waals surface area contributed by atoms with Crippen molar-refractivity contribution in [2.24, 2.45) is 0 Å². The first kappa shape index (κ1) is 10.5. The summed E-state index contributed by atoms with van der Waals surface area (Å²) in [5.74, 6) is 0. The molecule has 1 aromatic rings. The van der Waals surface area contributed by atoms with Crippen LogP contribution in [-0.4, -0.2) is 26.3 Å². The minimum Gasteiger partial charge on any atom is -0.378 e. The number of hydrogen-bond donors (Lipinski definition) is 1. The lowest BCUT2D eigenvalue weighted by atomic mass is 10.2. The van der Waals surface area contributed by atoms with E-state index in [1.807, 2.05) is 6.07 Å². The van der Waals surface area contributed by atoms with Gasteiger partial charge in [0.1, 0.15) is 0 Å². The summed E-state index contributed by atoms with van der Waals surface area (Å²) < 4.78 is 17.4. The molecular formula is C10H12ClFN2O. The van der Waals surface area contributed by atoms with Crippen LogP contribution in [0, 0.1) is 0 Å². The summed E-state index contributed by atoms with van der Waals surface area (Å²) >= 11 is 5.89. The molecule has 0 atom stereocenters. The fourth-order valence-electron chi connectivity index (χ4n) is 1.60. The molecule has 0 amide bonds. The third-order valence-corrected chi connectivity index (χ3v) is 2.74. The number of hydrogen-bond acceptors (Lipinski definition) is 3. The molecule has 1 saturated heterocycles. The molecule has 1 fully saturated rings. The van der Waals surface area contributed by atoms with Gasteiger partial charge in [0.25, 0.3) is 0 Å². The van der Waals surface area contributed by atoms with Crippen LogP contribution in [0.4, 0.5) is 15.9 Å². The van der Waals surface area contributed by atoms with E-state index in [0.29, 0.717) is 10.7 Å². The monoisotopic (exact) mass is 230 g/mol. The summed E-state index contributed by atoms with van der Waals surface area (Å²) in [5, 5.41) is 0.390. The molecule has 1 aromatic carbocycles. The predicted molar refractivity (Wildman–Crippen MR) is 59.2 cm³/mol. The lowest BCUT2D eigenvalue weighted by Crippen LogP contribution is -2.36. The summed E-state index contributed by atoms with van der Waals surface area (Å²) in [6.45, 7) is 3.14. The average Bonchev–Trinajstić information content (AvgIpc) is 2.30. The topological polar surface area (TPSA) is 24.5 Å². The minimum atomic E-state index is 0.300. The molecular weight excluding hydrogens is 219 g/mol. The second-order valence-corrected chi connectivity index (χ2v) is 3.77. The van der Waals surface area contributed by atoms with Gasteiger partial charge in [-0.05, 0) is 18.2 Å². The zero-order valence-corrected chi connectivity index (χ0v) is 8.93. The van der Waals surface area contributed by atoms with Crippen molar-refractivity contribution >= 4 is 23.0 Å². The Bertz CT molecular complexity index is 342. The van der Waals surface area contributed by atoms with Crippen molar-refractivity contribution in [1.82, 2.24) is 0 Å². The van der Waals surface area contributed by atoms with Gasteiger partial charge >= 0.3 is 0 Å². The minimum absolute atomic E-state index is 0.300. The molecule has 1 aliphatic heterocycles. The Hall–Kier alpha value is -1.00. The molecule has 15 heavy (non-hydrogen) atoms. The average molecular weight is 231 g/mol. The summed E-state index contributed by atoms with van der Waals surface area (Å²) in [6, 6.07) is 5.24. The van der Waals surface area contributed by atoms with Gasteiger partial charge in [-0.1, -0.05) is 11.6 Å². The van der Waals surface area contributed by atoms with Crippen molar-refractivity contribution < 1.29 is 9.22 Å². The van der Waals surface area contributed by atoms with E-state index < -0.39 is 0 Å². The Kier molecular flexibility index (Phi) is 3.28. The first-order chi connectivity index (χ1) is 7.31. The lowest BCUT2D eigenvalue weighted by Gasteiger charge is -2.29. The zero-order valence-electron chi connectivity index (χ0n) is 8.17. The first-order valence-electron chi connectivity index (χ1n) is 4.80. The highest BCUT2D eigenvalue weighted by atomic mass is 35.5. The van der Waals surface area contributed by atoms with Crippen molar-refractivity contribution in [1.29, 1.82) is 0 Å². The van der Waals surface area contributed by atoms with E-state index in [0.717, 1.165) is 32.0 Å². The van der Waals surface area contributed by atoms with Gasteiger partial charge < -0.3 is 9.64 Å². The number of halogens is 2. The summed E-state index contributed by atoms with van der Waals surface area (Å²) in [7, 11) is 0. The van der Waals surface area contributed by atoms with E-state index in [-0.39, 0.29) is 0 Å². The number of morpholine rings is 1. The van der Waals surface area contributed by atoms with Gasteiger partial charge in [-0.25, -0.2) is 5.54 Å². The highest BCUT2D eigenvalue weighted by Crippen LogP contribution is 2.27. The molecule has 0 radical (unpaired) electrons. The number of benzene rings is 1. The van der Waals surface area contributed by atoms with Crippen LogP contribution in [-0.2, 0) is 4.74 Å². The molecule has 2 rings (SSSR count). The second-order valence-electron chi connectivity index (χ2n) is 3.36. The molecule has 0 bridgehead atoms. The molecule has 0 aliphatic carbocycles. The predicted octanol–water partition coefficient (Wildman–Crippen LogP) is 2.47. The molecule has 0 aromatic heterocycles. The SMILES string of the molecule is FNc1ccc(N2CCOCC2)cc1Cl. The molecule has 0 saturated carbocycles. The van der Waals surface area contributed by atoms with Gasteiger partial charge in [0, 0.05) is 18.8 Å². The summed E-state index contributed by atoms with van der Waals surface area (Å²) in [6.07, 6.45) is 0. The first-order valence-corrected chi connectivity index (χ1v) is 5.18. The maximum absolute atomic E-state index is 12.2. The lowest BCUT2D eigenvalue weighted by molar-refractivity contribution is 0.122. The van der Waals surface area contributed by atoms with E-state index in [4.69, 9.17) is 16.3 Å². The van der Waals surface area contributed by atoms with E-state index in [9.17, 15) is 4.48 Å². The van der Waals surface area contributed by atoms with Crippen LogP contribution in [0.5, 0.6) is 0 Å². The van der Waals surface area contributed by atoms with Gasteiger partial charge in [0.15, 0.2) is 0 Å². The third-order valence-electron chi connectivity index (χ3n) is 2.43. The van der Waals surface area contributed by atoms with Crippen molar-refractivity contribution in [3.8, 4) is 0 Å². The zero-order chi connectivity index (χ0) is 10.7. The standard InChI is InChI=1S/C10H12ClFN2O/c11-9-7-8(1-2-10(9)13-12)14-3-5-15-6-4-14/h1-2,7,13H,3-6H2. The number of nitrogens with one attached hydrogen (secondary N) is 1. The second kappa shape index (κ2) is 4.68. The fraction of sp³-hybridized carbons (Fsp3) is 0.400. The quantitative estimate of drug-likeness (QED) is 0.790. The van der Waals surface area contributed by atoms with E-state index >= 15 is 0 Å². The molecule has 5 heteroatoms. The molecule has 1 heterocycles. The van der Waals surface area contributed by atoms with Crippen LogP contribution in [0.3, 0.4) is 0 Å². The highest BCUT2D eigenvalue weighted by molar-refractivity contribution is 6.33. The van der Waals surface area contributed by atoms with Gasteiger partial charge in [-0.3, -0.25) is 0 Å². The van der Waals surface area contributed by atoms with Crippen molar-refractivity contribution in [3.05, 3.63) is 23.2 Å². The molecule has 1 aliphatic rings. The van der Waals surface area contributed by atoms with Crippen LogP contribution < -0.4 is 10.4 Å². The van der Waals surface area contributed by atoms with E-state index in [1.54, 1.807) is 17.7 Å². The fourth-order valence-corrected chi connectivity index (χ4v) is 1.81. The number of anilines is 2. The van der Waals surface area contributed by atoms with E-state index in [1.165, 1.54) is 0 Å². The van der Waals surface area contributed by atoms with Crippen molar-refractivity contribution in [2.75, 3.05) is 36.7 Å². The molecule has 0 spiro atoms. The number of rotatable bonds is 2. The molecule has 82 valence electrons. The normalized spacial score (nSPS) is 16.5. The maximum atomic E-state index is 12.2. The highest BCUT2D eigenvalue weighted by Gasteiger charge is 2.12. The van der Waals surface area contributed by atoms with Gasteiger partial charge in [0.05, 0.1) is 23.9 Å². The Balaban J connectivity index is 2.17. The molecule has 0 unspecified atom stereocenters. The largest absolute Gasteiger partial charge is 0.378 e. The van der Waals surface area contributed by atoms with Gasteiger partial charge in [-0.15, -0.1) is 4.48 Å². The van der Waals surface area contributed by atoms with Crippen LogP contribution in [0.15, 0.2) is 18.2 Å². The smallest absolute Gasteiger partial charge is 0.0843 e. The molecule has 1 N–H and O–H groups in total. The van der Waals surface area contributed by atoms with Crippen LogP contribution in [0.2, 0.25) is 5.02 Å². The summed E-state index contributed by atoms with van der Waals surface area (Å²) in [5.41, 5.74) is 2.85. The van der Waals surface area contributed by atoms with Crippen molar-refractivity contribution in [2.45, 2.75) is 0 Å².